The zero-order chi connectivity index (χ0) is 18.5. The lowest BCUT2D eigenvalue weighted by Crippen LogP contribution is -2.42. The fourth-order valence-electron chi connectivity index (χ4n) is 2.15. The summed E-state index contributed by atoms with van der Waals surface area (Å²) in [5.41, 5.74) is -0.185. The van der Waals surface area contributed by atoms with Crippen LogP contribution in [0.3, 0.4) is 0 Å². The summed E-state index contributed by atoms with van der Waals surface area (Å²) in [7, 11) is 3.20. The molecule has 0 fully saturated rings. The van der Waals surface area contributed by atoms with Crippen LogP contribution in [-0.2, 0) is 14.3 Å². The average Bonchev–Trinajstić information content (AvgIpc) is 2.45. The number of hydrogen-bond donors (Lipinski definition) is 1. The highest BCUT2D eigenvalue weighted by Crippen LogP contribution is 2.10. The Hall–Kier alpha value is -2.12. The van der Waals surface area contributed by atoms with Crippen molar-refractivity contribution in [3.8, 4) is 0 Å². The second kappa shape index (κ2) is 8.12. The Morgan fingerprint density at radius 2 is 2.00 bits per heavy atom. The van der Waals surface area contributed by atoms with Crippen molar-refractivity contribution in [2.24, 2.45) is 11.0 Å². The smallest absolute Gasteiger partial charge is 0.410 e. The van der Waals surface area contributed by atoms with Gasteiger partial charge in [-0.05, 0) is 26.7 Å². The van der Waals surface area contributed by atoms with Gasteiger partial charge in [-0.3, -0.25) is 9.59 Å². The van der Waals surface area contributed by atoms with Crippen LogP contribution in [-0.4, -0.2) is 66.3 Å². The van der Waals surface area contributed by atoms with Crippen LogP contribution in [0, 0.1) is 5.92 Å². The summed E-state index contributed by atoms with van der Waals surface area (Å²) in [6.07, 6.45) is 0.249. The first kappa shape index (κ1) is 19.9. The molecule has 0 aromatic carbocycles. The van der Waals surface area contributed by atoms with Gasteiger partial charge in [0.05, 0.1) is 0 Å². The minimum absolute atomic E-state index is 0.0509. The van der Waals surface area contributed by atoms with E-state index in [1.165, 1.54) is 17.0 Å². The number of rotatable bonds is 5. The van der Waals surface area contributed by atoms with Crippen LogP contribution in [0.2, 0.25) is 0 Å². The molecular formula is C16H28N4O4. The molecule has 1 rings (SSSR count). The van der Waals surface area contributed by atoms with Crippen LogP contribution < -0.4 is 5.32 Å². The van der Waals surface area contributed by atoms with E-state index < -0.39 is 11.7 Å². The van der Waals surface area contributed by atoms with Crippen LogP contribution in [0.4, 0.5) is 4.79 Å². The van der Waals surface area contributed by atoms with Crippen LogP contribution in [0.1, 0.15) is 40.5 Å². The molecule has 0 aliphatic carbocycles. The zero-order valence-electron chi connectivity index (χ0n) is 15.4. The summed E-state index contributed by atoms with van der Waals surface area (Å²) < 4.78 is 5.29. The molecule has 1 atom stereocenters. The summed E-state index contributed by atoms with van der Waals surface area (Å²) >= 11 is 0. The molecule has 8 heteroatoms. The first-order valence-corrected chi connectivity index (χ1v) is 8.06. The molecule has 0 aromatic heterocycles. The van der Waals surface area contributed by atoms with Gasteiger partial charge in [0.2, 0.25) is 5.91 Å². The topological polar surface area (TPSA) is 91.3 Å². The SMILES string of the molecule is CC(CNC(=O)C1=NN(C)C(=O)CC1)CN(C)C(=O)OC(C)(C)C. The number of nitrogens with one attached hydrogen (secondary N) is 1. The van der Waals surface area contributed by atoms with E-state index in [2.05, 4.69) is 10.4 Å². The minimum atomic E-state index is -0.536. The van der Waals surface area contributed by atoms with Gasteiger partial charge in [-0.1, -0.05) is 6.92 Å². The largest absolute Gasteiger partial charge is 0.444 e. The third-order valence-corrected chi connectivity index (χ3v) is 3.37. The Morgan fingerprint density at radius 1 is 1.38 bits per heavy atom. The second-order valence-corrected chi connectivity index (χ2v) is 7.14. The van der Waals surface area contributed by atoms with Crippen molar-refractivity contribution in [1.29, 1.82) is 0 Å². The molecule has 136 valence electrons. The van der Waals surface area contributed by atoms with E-state index >= 15 is 0 Å². The molecule has 0 radical (unpaired) electrons. The van der Waals surface area contributed by atoms with Crippen LogP contribution in [0.15, 0.2) is 5.10 Å². The predicted octanol–water partition coefficient (Wildman–Crippen LogP) is 1.21. The fourth-order valence-corrected chi connectivity index (χ4v) is 2.15. The molecular weight excluding hydrogens is 312 g/mol. The average molecular weight is 340 g/mol. The van der Waals surface area contributed by atoms with E-state index in [4.69, 9.17) is 4.74 Å². The lowest BCUT2D eigenvalue weighted by atomic mass is 10.1. The molecule has 1 aliphatic rings. The molecule has 1 aliphatic heterocycles. The zero-order valence-corrected chi connectivity index (χ0v) is 15.4. The standard InChI is InChI=1S/C16H28N4O4/c1-11(10-19(5)15(23)24-16(2,3)4)9-17-14(22)12-7-8-13(21)20(6)18-12/h11H,7-10H2,1-6H3,(H,17,22). The highest BCUT2D eigenvalue weighted by atomic mass is 16.6. The van der Waals surface area contributed by atoms with Gasteiger partial charge in [0, 0.05) is 40.0 Å². The van der Waals surface area contributed by atoms with Gasteiger partial charge in [-0.15, -0.1) is 0 Å². The van der Waals surface area contributed by atoms with Gasteiger partial charge in [0.15, 0.2) is 0 Å². The van der Waals surface area contributed by atoms with Crippen molar-refractivity contribution in [1.82, 2.24) is 15.2 Å². The Balaban J connectivity index is 2.42. The Labute approximate surface area is 143 Å². The van der Waals surface area contributed by atoms with Crippen molar-refractivity contribution >= 4 is 23.6 Å². The van der Waals surface area contributed by atoms with Crippen LogP contribution in [0.5, 0.6) is 0 Å². The Bertz CT molecular complexity index is 525. The maximum absolute atomic E-state index is 12.1. The molecule has 0 bridgehead atoms. The number of hydrazone groups is 1. The number of carbonyl (C=O) groups excluding carboxylic acids is 3. The van der Waals surface area contributed by atoms with Gasteiger partial charge in [0.1, 0.15) is 11.3 Å². The van der Waals surface area contributed by atoms with E-state index in [0.29, 0.717) is 31.6 Å². The summed E-state index contributed by atoms with van der Waals surface area (Å²) in [6, 6.07) is 0. The molecule has 8 nitrogen and oxygen atoms in total. The Kier molecular flexibility index (Phi) is 6.74. The summed E-state index contributed by atoms with van der Waals surface area (Å²) in [5, 5.41) is 7.96. The third kappa shape index (κ3) is 6.55. The minimum Gasteiger partial charge on any atom is -0.444 e. The summed E-state index contributed by atoms with van der Waals surface area (Å²) in [4.78, 5) is 36.8. The van der Waals surface area contributed by atoms with Crippen LogP contribution >= 0.6 is 0 Å². The number of nitrogens with zero attached hydrogens (tertiary/aromatic N) is 3. The Morgan fingerprint density at radius 3 is 2.54 bits per heavy atom. The van der Waals surface area contributed by atoms with Gasteiger partial charge in [-0.2, -0.15) is 5.10 Å². The molecule has 24 heavy (non-hydrogen) atoms. The molecule has 1 unspecified atom stereocenters. The van der Waals surface area contributed by atoms with E-state index in [1.807, 2.05) is 27.7 Å². The van der Waals surface area contributed by atoms with Gasteiger partial charge in [0.25, 0.3) is 5.91 Å². The summed E-state index contributed by atoms with van der Waals surface area (Å²) in [5.74, 6) is -0.324. The molecule has 1 heterocycles. The van der Waals surface area contributed by atoms with Crippen molar-refractivity contribution in [3.05, 3.63) is 0 Å². The highest BCUT2D eigenvalue weighted by molar-refractivity contribution is 6.39. The molecule has 0 saturated heterocycles. The first-order chi connectivity index (χ1) is 11.0. The normalized spacial score (nSPS) is 16.3. The number of ether oxygens (including phenoxy) is 1. The number of amides is 3. The van der Waals surface area contributed by atoms with E-state index in [-0.39, 0.29) is 17.7 Å². The first-order valence-electron chi connectivity index (χ1n) is 8.06. The maximum atomic E-state index is 12.1. The lowest BCUT2D eigenvalue weighted by molar-refractivity contribution is -0.130. The van der Waals surface area contributed by atoms with E-state index in [1.54, 1.807) is 7.05 Å². The van der Waals surface area contributed by atoms with Crippen molar-refractivity contribution in [2.75, 3.05) is 27.2 Å². The van der Waals surface area contributed by atoms with Gasteiger partial charge in [-0.25, -0.2) is 9.80 Å². The lowest BCUT2D eigenvalue weighted by Gasteiger charge is -2.26. The fraction of sp³-hybridized carbons (Fsp3) is 0.750. The number of carbonyl (C=O) groups is 3. The van der Waals surface area contributed by atoms with E-state index in [9.17, 15) is 14.4 Å². The van der Waals surface area contributed by atoms with E-state index in [0.717, 1.165) is 0 Å². The second-order valence-electron chi connectivity index (χ2n) is 7.14. The van der Waals surface area contributed by atoms with Crippen molar-refractivity contribution in [3.63, 3.8) is 0 Å². The maximum Gasteiger partial charge on any atom is 0.410 e. The van der Waals surface area contributed by atoms with Crippen molar-refractivity contribution < 1.29 is 19.1 Å². The number of hydrogen-bond acceptors (Lipinski definition) is 5. The molecule has 0 spiro atoms. The highest BCUT2D eigenvalue weighted by Gasteiger charge is 2.23. The molecule has 0 saturated carbocycles. The van der Waals surface area contributed by atoms with Crippen LogP contribution in [0.25, 0.3) is 0 Å². The molecule has 0 aromatic rings. The molecule has 1 N–H and O–H groups in total. The van der Waals surface area contributed by atoms with Gasteiger partial charge < -0.3 is 15.0 Å². The molecule has 3 amide bonds. The predicted molar refractivity (Wildman–Crippen MR) is 90.5 cm³/mol. The van der Waals surface area contributed by atoms with Gasteiger partial charge >= 0.3 is 6.09 Å². The van der Waals surface area contributed by atoms with Crippen molar-refractivity contribution in [2.45, 2.75) is 46.1 Å². The monoisotopic (exact) mass is 340 g/mol. The third-order valence-electron chi connectivity index (χ3n) is 3.37. The summed E-state index contributed by atoms with van der Waals surface area (Å²) in [6.45, 7) is 8.24. The quantitative estimate of drug-likeness (QED) is 0.814.